The molecule has 0 spiro atoms. The van der Waals surface area contributed by atoms with E-state index in [-0.39, 0.29) is 22.6 Å². The van der Waals surface area contributed by atoms with Crippen LogP contribution in [0.5, 0.6) is 0 Å². The van der Waals surface area contributed by atoms with E-state index in [4.69, 9.17) is 11.5 Å². The quantitative estimate of drug-likeness (QED) is 0.625. The molecule has 2 aromatic rings. The Morgan fingerprint density at radius 3 is 2.55 bits per heavy atom. The second-order valence-electron chi connectivity index (χ2n) is 7.08. The first-order valence-electron chi connectivity index (χ1n) is 8.91. The predicted octanol–water partition coefficient (Wildman–Crippen LogP) is 3.58. The molecule has 166 valence electrons. The van der Waals surface area contributed by atoms with Gasteiger partial charge in [0.25, 0.3) is 12.3 Å². The fraction of sp³-hybridized carbons (Fsp3) is 0.316. The molecule has 12 heteroatoms. The average Bonchev–Trinajstić information content (AvgIpc) is 2.67. The van der Waals surface area contributed by atoms with Crippen LogP contribution in [0, 0.1) is 5.82 Å². The lowest BCUT2D eigenvalue weighted by molar-refractivity contribution is -0.231. The zero-order valence-electron chi connectivity index (χ0n) is 16.3. The Bertz CT molecular complexity index is 1060. The molecule has 0 saturated heterocycles. The van der Waals surface area contributed by atoms with Gasteiger partial charge in [-0.15, -0.1) is 0 Å². The van der Waals surface area contributed by atoms with Gasteiger partial charge in [0, 0.05) is 23.0 Å². The number of aliphatic imine (C=N–C) groups is 1. The highest BCUT2D eigenvalue weighted by Gasteiger charge is 2.50. The standard InChI is InChI=1S/C19H18F5N5O2/c1-8-18(2,29-17(26)19(23,24)31-8)11-6-10(3-4-12(11)20)28-16(30)14-13(25)5-9(7-27-14)15(21)22/h3-8,15H,25H2,1-2H3,(H2,26,29)(H,28,30). The van der Waals surface area contributed by atoms with Gasteiger partial charge in [-0.3, -0.25) is 9.79 Å². The number of amides is 1. The van der Waals surface area contributed by atoms with Crippen molar-refractivity contribution in [3.63, 3.8) is 0 Å². The Kier molecular flexibility index (Phi) is 5.61. The SMILES string of the molecule is CC1OC(F)(F)C(N)=NC1(C)c1cc(NC(=O)c2ncc(C(F)F)cc2N)ccc1F. The van der Waals surface area contributed by atoms with E-state index in [2.05, 4.69) is 20.0 Å². The molecule has 2 unspecified atom stereocenters. The van der Waals surface area contributed by atoms with Crippen LogP contribution in [-0.2, 0) is 10.3 Å². The van der Waals surface area contributed by atoms with Crippen molar-refractivity contribution in [3.8, 4) is 0 Å². The molecule has 31 heavy (non-hydrogen) atoms. The largest absolute Gasteiger partial charge is 0.415 e. The number of anilines is 2. The van der Waals surface area contributed by atoms with Gasteiger partial charge in [-0.25, -0.2) is 18.2 Å². The molecule has 1 amide bonds. The molecule has 1 aliphatic heterocycles. The Balaban J connectivity index is 1.93. The summed E-state index contributed by atoms with van der Waals surface area (Å²) in [6.07, 6.45) is -7.07. The Hall–Kier alpha value is -3.28. The number of carbonyl (C=O) groups is 1. The summed E-state index contributed by atoms with van der Waals surface area (Å²) in [6, 6.07) is 4.30. The number of nitrogens with one attached hydrogen (secondary N) is 1. The molecule has 0 bridgehead atoms. The van der Waals surface area contributed by atoms with Gasteiger partial charge in [0.2, 0.25) is 0 Å². The normalized spacial score (nSPS) is 22.8. The van der Waals surface area contributed by atoms with Gasteiger partial charge >= 0.3 is 6.11 Å². The number of alkyl halides is 4. The fourth-order valence-electron chi connectivity index (χ4n) is 3.07. The number of nitrogens with two attached hydrogens (primary N) is 2. The molecular formula is C19H18F5N5O2. The topological polar surface area (TPSA) is 116 Å². The smallest absolute Gasteiger partial charge is 0.397 e. The molecule has 5 N–H and O–H groups in total. The minimum absolute atomic E-state index is 0.0556. The van der Waals surface area contributed by atoms with Crippen molar-refractivity contribution in [3.05, 3.63) is 53.1 Å². The average molecular weight is 443 g/mol. The van der Waals surface area contributed by atoms with E-state index in [1.165, 1.54) is 26.0 Å². The number of rotatable bonds is 4. The van der Waals surface area contributed by atoms with Gasteiger partial charge in [0.1, 0.15) is 11.4 Å². The first kappa shape index (κ1) is 22.4. The maximum absolute atomic E-state index is 14.6. The molecule has 2 heterocycles. The summed E-state index contributed by atoms with van der Waals surface area (Å²) in [5.74, 6) is -2.75. The van der Waals surface area contributed by atoms with Crippen molar-refractivity contribution in [2.24, 2.45) is 10.7 Å². The lowest BCUT2D eigenvalue weighted by Gasteiger charge is -2.39. The number of aromatic nitrogens is 1. The van der Waals surface area contributed by atoms with Gasteiger partial charge in [0.05, 0.1) is 11.8 Å². The van der Waals surface area contributed by atoms with Crippen LogP contribution in [0.3, 0.4) is 0 Å². The molecule has 0 aliphatic carbocycles. The van der Waals surface area contributed by atoms with Gasteiger partial charge in [0.15, 0.2) is 11.5 Å². The van der Waals surface area contributed by atoms with E-state index in [0.29, 0.717) is 0 Å². The lowest BCUT2D eigenvalue weighted by atomic mass is 9.86. The summed E-state index contributed by atoms with van der Waals surface area (Å²) >= 11 is 0. The molecule has 2 atom stereocenters. The third-order valence-electron chi connectivity index (χ3n) is 4.94. The summed E-state index contributed by atoms with van der Waals surface area (Å²) in [5, 5.41) is 2.41. The Morgan fingerprint density at radius 1 is 1.26 bits per heavy atom. The van der Waals surface area contributed by atoms with E-state index in [0.717, 1.165) is 18.3 Å². The third kappa shape index (κ3) is 4.15. The molecule has 0 fully saturated rings. The Morgan fingerprint density at radius 2 is 1.94 bits per heavy atom. The highest BCUT2D eigenvalue weighted by atomic mass is 19.3. The second-order valence-corrected chi connectivity index (χ2v) is 7.08. The van der Waals surface area contributed by atoms with Crippen LogP contribution in [0.1, 0.15) is 41.9 Å². The van der Waals surface area contributed by atoms with Gasteiger partial charge in [-0.1, -0.05) is 0 Å². The highest BCUT2D eigenvalue weighted by molar-refractivity contribution is 6.06. The number of halogens is 5. The zero-order chi connectivity index (χ0) is 23.1. The van der Waals surface area contributed by atoms with Gasteiger partial charge in [-0.2, -0.15) is 8.78 Å². The molecule has 1 aromatic heterocycles. The van der Waals surface area contributed by atoms with E-state index in [9.17, 15) is 26.7 Å². The number of nitrogens with zero attached hydrogens (tertiary/aromatic N) is 2. The number of amidine groups is 1. The molecule has 1 aliphatic rings. The number of carbonyl (C=O) groups excluding carboxylic acids is 1. The molecule has 7 nitrogen and oxygen atoms in total. The van der Waals surface area contributed by atoms with Crippen LogP contribution in [0.25, 0.3) is 0 Å². The van der Waals surface area contributed by atoms with Crippen molar-refractivity contribution in [1.29, 1.82) is 0 Å². The summed E-state index contributed by atoms with van der Waals surface area (Å²) in [6.45, 7) is 2.64. The maximum Gasteiger partial charge on any atom is 0.415 e. The molecule has 1 aromatic carbocycles. The van der Waals surface area contributed by atoms with Crippen LogP contribution in [0.15, 0.2) is 35.5 Å². The highest BCUT2D eigenvalue weighted by Crippen LogP contribution is 2.40. The lowest BCUT2D eigenvalue weighted by Crippen LogP contribution is -2.52. The van der Waals surface area contributed by atoms with Gasteiger partial charge in [-0.05, 0) is 38.1 Å². The van der Waals surface area contributed by atoms with Crippen LogP contribution >= 0.6 is 0 Å². The monoisotopic (exact) mass is 443 g/mol. The zero-order valence-corrected chi connectivity index (χ0v) is 16.3. The van der Waals surface area contributed by atoms with Crippen molar-refractivity contribution < 1.29 is 31.5 Å². The van der Waals surface area contributed by atoms with Crippen LogP contribution in [0.4, 0.5) is 33.3 Å². The summed E-state index contributed by atoms with van der Waals surface area (Å²) in [5.41, 5.74) is 8.14. The second kappa shape index (κ2) is 7.76. The number of hydrogen-bond donors (Lipinski definition) is 3. The first-order chi connectivity index (χ1) is 14.3. The summed E-state index contributed by atoms with van der Waals surface area (Å²) in [4.78, 5) is 19.9. The summed E-state index contributed by atoms with van der Waals surface area (Å²) in [7, 11) is 0. The molecule has 0 saturated carbocycles. The van der Waals surface area contributed by atoms with Crippen LogP contribution < -0.4 is 16.8 Å². The molecule has 0 radical (unpaired) electrons. The van der Waals surface area contributed by atoms with Crippen molar-refractivity contribution in [2.45, 2.75) is 38.0 Å². The minimum Gasteiger partial charge on any atom is -0.397 e. The van der Waals surface area contributed by atoms with Crippen molar-refractivity contribution >= 4 is 23.1 Å². The van der Waals surface area contributed by atoms with E-state index in [1.54, 1.807) is 0 Å². The summed E-state index contributed by atoms with van der Waals surface area (Å²) < 4.78 is 72.0. The molecule has 3 rings (SSSR count). The predicted molar refractivity (Wildman–Crippen MR) is 102 cm³/mol. The fourth-order valence-corrected chi connectivity index (χ4v) is 3.07. The number of benzene rings is 1. The van der Waals surface area contributed by atoms with Crippen LogP contribution in [-0.4, -0.2) is 28.9 Å². The number of pyridine rings is 1. The van der Waals surface area contributed by atoms with E-state index >= 15 is 0 Å². The van der Waals surface area contributed by atoms with Crippen molar-refractivity contribution in [2.75, 3.05) is 11.1 Å². The number of ether oxygens (including phenoxy) is 1. The van der Waals surface area contributed by atoms with E-state index in [1.807, 2.05) is 0 Å². The van der Waals surface area contributed by atoms with Crippen LogP contribution in [0.2, 0.25) is 0 Å². The van der Waals surface area contributed by atoms with Gasteiger partial charge < -0.3 is 21.5 Å². The first-order valence-corrected chi connectivity index (χ1v) is 8.91. The number of nitrogen functional groups attached to an aromatic ring is 1. The van der Waals surface area contributed by atoms with Crippen molar-refractivity contribution in [1.82, 2.24) is 4.98 Å². The van der Waals surface area contributed by atoms with E-state index < -0.39 is 47.3 Å². The number of hydrogen-bond acceptors (Lipinski definition) is 6. The Labute approximate surface area is 173 Å². The maximum atomic E-state index is 14.6. The molecular weight excluding hydrogens is 425 g/mol. The minimum atomic E-state index is -3.80. The third-order valence-corrected chi connectivity index (χ3v) is 4.94.